The molecule has 0 radical (unpaired) electrons. The summed E-state index contributed by atoms with van der Waals surface area (Å²) in [6.45, 7) is 2.06. The fourth-order valence-electron chi connectivity index (χ4n) is 5.27. The summed E-state index contributed by atoms with van der Waals surface area (Å²) in [5.74, 6) is -1.75. The topological polar surface area (TPSA) is 64.4 Å². The normalized spacial score (nSPS) is 20.4. The van der Waals surface area contributed by atoms with E-state index in [2.05, 4.69) is 9.84 Å². The Labute approximate surface area is 197 Å². The molecule has 0 N–H and O–H groups in total. The SMILES string of the molecule is Cc1c2n(ncc1=O)[C@@H]([C@H](c1ccc(F)cc1)c1cccc(OC(F)(F)F)c1)[C@H]1CCCN1C2=O. The summed E-state index contributed by atoms with van der Waals surface area (Å²) in [5.41, 5.74) is 1.15. The summed E-state index contributed by atoms with van der Waals surface area (Å²) >= 11 is 0. The second-order valence-corrected chi connectivity index (χ2v) is 8.78. The molecule has 2 aliphatic heterocycles. The number of fused-ring (bicyclic) bond motifs is 2. The van der Waals surface area contributed by atoms with Crippen LogP contribution in [0, 0.1) is 12.7 Å². The molecule has 3 heterocycles. The van der Waals surface area contributed by atoms with Crippen LogP contribution in [0.3, 0.4) is 0 Å². The van der Waals surface area contributed by atoms with Gasteiger partial charge in [0.25, 0.3) is 5.91 Å². The zero-order chi connectivity index (χ0) is 24.9. The Morgan fingerprint density at radius 3 is 2.54 bits per heavy atom. The lowest BCUT2D eigenvalue weighted by Gasteiger charge is -2.43. The number of benzene rings is 2. The monoisotopic (exact) mass is 487 g/mol. The van der Waals surface area contributed by atoms with E-state index >= 15 is 0 Å². The van der Waals surface area contributed by atoms with Gasteiger partial charge < -0.3 is 9.64 Å². The summed E-state index contributed by atoms with van der Waals surface area (Å²) in [4.78, 5) is 27.4. The Hall–Kier alpha value is -3.69. The summed E-state index contributed by atoms with van der Waals surface area (Å²) in [7, 11) is 0. The molecule has 5 rings (SSSR count). The van der Waals surface area contributed by atoms with Gasteiger partial charge >= 0.3 is 6.36 Å². The first kappa shape index (κ1) is 23.1. The molecule has 1 aromatic heterocycles. The van der Waals surface area contributed by atoms with Crippen molar-refractivity contribution in [3.63, 3.8) is 0 Å². The Morgan fingerprint density at radius 2 is 1.83 bits per heavy atom. The number of carbonyl (C=O) groups is 1. The minimum Gasteiger partial charge on any atom is -0.406 e. The number of nitrogens with zero attached hydrogens (tertiary/aromatic N) is 3. The van der Waals surface area contributed by atoms with Crippen LogP contribution in [-0.4, -0.2) is 39.5 Å². The number of ether oxygens (including phenoxy) is 1. The lowest BCUT2D eigenvalue weighted by molar-refractivity contribution is -0.274. The first-order chi connectivity index (χ1) is 16.6. The molecule has 2 aliphatic rings. The predicted octanol–water partition coefficient (Wildman–Crippen LogP) is 4.58. The molecule has 182 valence electrons. The van der Waals surface area contributed by atoms with Gasteiger partial charge in [-0.05, 0) is 55.2 Å². The molecule has 0 aliphatic carbocycles. The molecule has 0 saturated carbocycles. The van der Waals surface area contributed by atoms with Crippen molar-refractivity contribution >= 4 is 5.91 Å². The van der Waals surface area contributed by atoms with Crippen molar-refractivity contribution < 1.29 is 27.1 Å². The third kappa shape index (κ3) is 4.17. The van der Waals surface area contributed by atoms with Crippen LogP contribution in [0.4, 0.5) is 17.6 Å². The molecule has 35 heavy (non-hydrogen) atoms. The highest BCUT2D eigenvalue weighted by atomic mass is 19.4. The van der Waals surface area contributed by atoms with E-state index in [9.17, 15) is 27.2 Å². The third-order valence-corrected chi connectivity index (χ3v) is 6.71. The van der Waals surface area contributed by atoms with Gasteiger partial charge in [0, 0.05) is 18.0 Å². The van der Waals surface area contributed by atoms with Crippen LogP contribution in [0.25, 0.3) is 0 Å². The first-order valence-electron chi connectivity index (χ1n) is 11.1. The lowest BCUT2D eigenvalue weighted by atomic mass is 9.79. The number of halogens is 4. The quantitative estimate of drug-likeness (QED) is 0.506. The minimum absolute atomic E-state index is 0.162. The number of hydrogen-bond donors (Lipinski definition) is 0. The van der Waals surface area contributed by atoms with E-state index in [1.807, 2.05) is 0 Å². The maximum absolute atomic E-state index is 13.8. The van der Waals surface area contributed by atoms with Crippen LogP contribution in [-0.2, 0) is 0 Å². The zero-order valence-corrected chi connectivity index (χ0v) is 18.6. The maximum Gasteiger partial charge on any atom is 0.573 e. The summed E-state index contributed by atoms with van der Waals surface area (Å²) in [5, 5.41) is 4.31. The zero-order valence-electron chi connectivity index (χ0n) is 18.6. The van der Waals surface area contributed by atoms with E-state index < -0.39 is 24.1 Å². The van der Waals surface area contributed by atoms with Gasteiger partial charge in [-0.1, -0.05) is 24.3 Å². The smallest absolute Gasteiger partial charge is 0.406 e. The number of alkyl halides is 3. The average Bonchev–Trinajstić information content (AvgIpc) is 3.29. The minimum atomic E-state index is -4.87. The lowest BCUT2D eigenvalue weighted by Crippen LogP contribution is -2.51. The van der Waals surface area contributed by atoms with Gasteiger partial charge in [0.15, 0.2) is 0 Å². The summed E-state index contributed by atoms with van der Waals surface area (Å²) in [6, 6.07) is 10.5. The van der Waals surface area contributed by atoms with E-state index in [1.165, 1.54) is 35.0 Å². The van der Waals surface area contributed by atoms with Gasteiger partial charge in [0.2, 0.25) is 5.43 Å². The second-order valence-electron chi connectivity index (χ2n) is 8.78. The van der Waals surface area contributed by atoms with Crippen LogP contribution in [0.15, 0.2) is 59.5 Å². The van der Waals surface area contributed by atoms with Crippen molar-refractivity contribution in [1.29, 1.82) is 0 Å². The average molecular weight is 487 g/mol. The van der Waals surface area contributed by atoms with Crippen LogP contribution in [0.1, 0.15) is 52.0 Å². The molecule has 0 bridgehead atoms. The molecule has 1 fully saturated rings. The molecular formula is C25H21F4N3O3. The molecule has 1 amide bonds. The predicted molar refractivity (Wildman–Crippen MR) is 118 cm³/mol. The van der Waals surface area contributed by atoms with Gasteiger partial charge in [-0.15, -0.1) is 13.2 Å². The Balaban J connectivity index is 1.73. The van der Waals surface area contributed by atoms with Crippen molar-refractivity contribution in [2.24, 2.45) is 0 Å². The van der Waals surface area contributed by atoms with Crippen molar-refractivity contribution in [2.45, 2.75) is 44.1 Å². The third-order valence-electron chi connectivity index (χ3n) is 6.71. The van der Waals surface area contributed by atoms with Gasteiger partial charge in [-0.25, -0.2) is 4.39 Å². The molecular weight excluding hydrogens is 466 g/mol. The van der Waals surface area contributed by atoms with E-state index in [0.717, 1.165) is 12.6 Å². The van der Waals surface area contributed by atoms with Crippen molar-refractivity contribution in [2.75, 3.05) is 6.54 Å². The van der Waals surface area contributed by atoms with Crippen molar-refractivity contribution in [1.82, 2.24) is 14.7 Å². The van der Waals surface area contributed by atoms with Crippen LogP contribution in [0.5, 0.6) is 5.75 Å². The number of amides is 1. The van der Waals surface area contributed by atoms with Gasteiger partial charge in [0.1, 0.15) is 17.3 Å². The second kappa shape index (κ2) is 8.51. The van der Waals surface area contributed by atoms with Gasteiger partial charge in [-0.2, -0.15) is 5.10 Å². The van der Waals surface area contributed by atoms with Crippen molar-refractivity contribution in [3.8, 4) is 5.75 Å². The van der Waals surface area contributed by atoms with Crippen LogP contribution < -0.4 is 10.2 Å². The van der Waals surface area contributed by atoms with Crippen molar-refractivity contribution in [3.05, 3.63) is 93.2 Å². The summed E-state index contributed by atoms with van der Waals surface area (Å²) < 4.78 is 58.3. The number of hydrogen-bond acceptors (Lipinski definition) is 4. The Morgan fingerprint density at radius 1 is 1.09 bits per heavy atom. The largest absolute Gasteiger partial charge is 0.573 e. The molecule has 3 aromatic rings. The highest BCUT2D eigenvalue weighted by Gasteiger charge is 2.47. The van der Waals surface area contributed by atoms with E-state index in [0.29, 0.717) is 24.1 Å². The standard InChI is InChI=1S/C25H21F4N3O3/c1-14-20(33)13-30-32-22(14)24(34)31-11-3-6-19(31)23(32)21(15-7-9-17(26)10-8-15)16-4-2-5-18(12-16)35-25(27,28)29/h2,4-5,7-10,12-13,19,21,23H,3,6,11H2,1H3/t19-,21-,23-/m1/s1. The van der Waals surface area contributed by atoms with Gasteiger partial charge in [-0.3, -0.25) is 14.3 Å². The fourth-order valence-corrected chi connectivity index (χ4v) is 5.27. The molecule has 10 heteroatoms. The van der Waals surface area contributed by atoms with Crippen LogP contribution >= 0.6 is 0 Å². The highest BCUT2D eigenvalue weighted by Crippen LogP contribution is 2.45. The van der Waals surface area contributed by atoms with E-state index in [4.69, 9.17) is 0 Å². The number of carbonyl (C=O) groups excluding carboxylic acids is 1. The molecule has 0 unspecified atom stereocenters. The van der Waals surface area contributed by atoms with E-state index in [-0.39, 0.29) is 34.4 Å². The highest BCUT2D eigenvalue weighted by molar-refractivity contribution is 5.95. The van der Waals surface area contributed by atoms with Gasteiger partial charge in [0.05, 0.1) is 18.3 Å². The first-order valence-corrected chi connectivity index (χ1v) is 11.1. The molecule has 6 nitrogen and oxygen atoms in total. The van der Waals surface area contributed by atoms with Crippen LogP contribution in [0.2, 0.25) is 0 Å². The number of rotatable bonds is 4. The fraction of sp³-hybridized carbons (Fsp3) is 0.320. The summed E-state index contributed by atoms with van der Waals surface area (Å²) in [6.07, 6.45) is -2.33. The Kier molecular flexibility index (Phi) is 5.61. The molecule has 2 aromatic carbocycles. The van der Waals surface area contributed by atoms with E-state index in [1.54, 1.807) is 30.0 Å². The Bertz CT molecular complexity index is 1340. The molecule has 3 atom stereocenters. The maximum atomic E-state index is 13.8. The number of aromatic nitrogens is 2. The molecule has 1 saturated heterocycles. The molecule has 0 spiro atoms.